The Morgan fingerprint density at radius 3 is 2.59 bits per heavy atom. The molecule has 0 amide bonds. The monoisotopic (exact) mass is 265 g/mol. The van der Waals surface area contributed by atoms with Crippen LogP contribution in [0.3, 0.4) is 0 Å². The number of benzene rings is 1. The molecule has 1 aliphatic carbocycles. The van der Waals surface area contributed by atoms with Crippen molar-refractivity contribution in [2.45, 2.75) is 31.8 Å². The van der Waals surface area contributed by atoms with Crippen LogP contribution in [0.4, 0.5) is 13.2 Å². The van der Waals surface area contributed by atoms with Gasteiger partial charge in [0.1, 0.15) is 5.75 Å². The van der Waals surface area contributed by atoms with Gasteiger partial charge in [0.25, 0.3) is 0 Å². The number of alkyl halides is 3. The first-order chi connectivity index (χ1) is 7.94. The van der Waals surface area contributed by atoms with Gasteiger partial charge in [0.05, 0.1) is 5.02 Å². The molecular formula is C11H11ClF3NO. The van der Waals surface area contributed by atoms with Crippen LogP contribution in [0.15, 0.2) is 18.2 Å². The Morgan fingerprint density at radius 1 is 1.35 bits per heavy atom. The second-order valence-corrected chi connectivity index (χ2v) is 4.37. The lowest BCUT2D eigenvalue weighted by atomic mass is 10.2. The summed E-state index contributed by atoms with van der Waals surface area (Å²) in [5.41, 5.74) is 0.844. The molecule has 0 atom stereocenters. The highest BCUT2D eigenvalue weighted by Gasteiger charge is 2.32. The third kappa shape index (κ3) is 4.09. The van der Waals surface area contributed by atoms with E-state index >= 15 is 0 Å². The fourth-order valence-corrected chi connectivity index (χ4v) is 1.65. The van der Waals surface area contributed by atoms with Crippen molar-refractivity contribution in [1.82, 2.24) is 5.32 Å². The van der Waals surface area contributed by atoms with Gasteiger partial charge in [-0.1, -0.05) is 17.7 Å². The highest BCUT2D eigenvalue weighted by atomic mass is 35.5. The summed E-state index contributed by atoms with van der Waals surface area (Å²) in [4.78, 5) is 0. The summed E-state index contributed by atoms with van der Waals surface area (Å²) in [6.07, 6.45) is -2.40. The van der Waals surface area contributed by atoms with Gasteiger partial charge in [-0.3, -0.25) is 0 Å². The van der Waals surface area contributed by atoms with Crippen LogP contribution in [0.2, 0.25) is 5.02 Å². The van der Waals surface area contributed by atoms with Crippen molar-refractivity contribution in [3.8, 4) is 5.75 Å². The van der Waals surface area contributed by atoms with E-state index in [0.29, 0.717) is 12.6 Å². The zero-order valence-corrected chi connectivity index (χ0v) is 9.61. The number of ether oxygens (including phenoxy) is 1. The molecule has 0 radical (unpaired) electrons. The molecule has 0 aliphatic heterocycles. The van der Waals surface area contributed by atoms with E-state index in [-0.39, 0.29) is 10.8 Å². The van der Waals surface area contributed by atoms with Crippen molar-refractivity contribution < 1.29 is 17.9 Å². The van der Waals surface area contributed by atoms with Crippen LogP contribution >= 0.6 is 11.6 Å². The first-order valence-electron chi connectivity index (χ1n) is 5.21. The van der Waals surface area contributed by atoms with Gasteiger partial charge < -0.3 is 10.1 Å². The van der Waals surface area contributed by atoms with Gasteiger partial charge in [0.2, 0.25) is 0 Å². The molecule has 1 saturated carbocycles. The number of rotatable bonds is 4. The molecule has 0 unspecified atom stereocenters. The molecule has 0 bridgehead atoms. The SMILES string of the molecule is FC(F)(F)Oc1ccc(CNC2CC2)cc1Cl. The number of hydrogen-bond donors (Lipinski definition) is 1. The molecule has 94 valence electrons. The average molecular weight is 266 g/mol. The Morgan fingerprint density at radius 2 is 2.06 bits per heavy atom. The third-order valence-corrected chi connectivity index (χ3v) is 2.69. The molecule has 0 heterocycles. The van der Waals surface area contributed by atoms with E-state index < -0.39 is 6.36 Å². The van der Waals surface area contributed by atoms with Gasteiger partial charge in [-0.25, -0.2) is 0 Å². The van der Waals surface area contributed by atoms with Crippen LogP contribution in [0.1, 0.15) is 18.4 Å². The van der Waals surface area contributed by atoms with E-state index in [2.05, 4.69) is 10.1 Å². The second-order valence-electron chi connectivity index (χ2n) is 3.97. The molecular weight excluding hydrogens is 255 g/mol. The summed E-state index contributed by atoms with van der Waals surface area (Å²) >= 11 is 5.71. The van der Waals surface area contributed by atoms with Gasteiger partial charge >= 0.3 is 6.36 Å². The van der Waals surface area contributed by atoms with Gasteiger partial charge in [0.15, 0.2) is 0 Å². The molecule has 0 aromatic heterocycles. The number of nitrogens with one attached hydrogen (secondary N) is 1. The van der Waals surface area contributed by atoms with Crippen molar-refractivity contribution in [2.75, 3.05) is 0 Å². The van der Waals surface area contributed by atoms with Crippen molar-refractivity contribution in [3.63, 3.8) is 0 Å². The van der Waals surface area contributed by atoms with E-state index in [1.54, 1.807) is 6.07 Å². The largest absolute Gasteiger partial charge is 0.573 e. The standard InChI is InChI=1S/C11H11ClF3NO/c12-9-5-7(6-16-8-2-3-8)1-4-10(9)17-11(13,14)15/h1,4-5,8,16H,2-3,6H2. The zero-order valence-electron chi connectivity index (χ0n) is 8.85. The second kappa shape index (κ2) is 4.74. The van der Waals surface area contributed by atoms with Crippen LogP contribution in [0, 0.1) is 0 Å². The van der Waals surface area contributed by atoms with Crippen LogP contribution in [-0.2, 0) is 6.54 Å². The lowest BCUT2D eigenvalue weighted by Crippen LogP contribution is -2.18. The Bertz CT molecular complexity index is 404. The highest BCUT2D eigenvalue weighted by molar-refractivity contribution is 6.32. The molecule has 1 fully saturated rings. The van der Waals surface area contributed by atoms with E-state index in [0.717, 1.165) is 18.4 Å². The van der Waals surface area contributed by atoms with Crippen molar-refractivity contribution in [2.24, 2.45) is 0 Å². The fraction of sp³-hybridized carbons (Fsp3) is 0.455. The lowest BCUT2D eigenvalue weighted by molar-refractivity contribution is -0.274. The van der Waals surface area contributed by atoms with E-state index in [1.807, 2.05) is 0 Å². The Kier molecular flexibility index (Phi) is 3.49. The van der Waals surface area contributed by atoms with E-state index in [1.165, 1.54) is 12.1 Å². The van der Waals surface area contributed by atoms with Gasteiger partial charge in [-0.15, -0.1) is 13.2 Å². The highest BCUT2D eigenvalue weighted by Crippen LogP contribution is 2.31. The molecule has 17 heavy (non-hydrogen) atoms. The smallest absolute Gasteiger partial charge is 0.404 e. The number of hydrogen-bond acceptors (Lipinski definition) is 2. The molecule has 1 aromatic rings. The predicted molar refractivity (Wildman–Crippen MR) is 58.0 cm³/mol. The van der Waals surface area contributed by atoms with Crippen LogP contribution in [0.25, 0.3) is 0 Å². The minimum Gasteiger partial charge on any atom is -0.404 e. The molecule has 0 spiro atoms. The summed E-state index contributed by atoms with van der Waals surface area (Å²) in [5.74, 6) is -0.366. The van der Waals surface area contributed by atoms with Gasteiger partial charge in [0, 0.05) is 12.6 Å². The first-order valence-corrected chi connectivity index (χ1v) is 5.59. The quantitative estimate of drug-likeness (QED) is 0.900. The minimum absolute atomic E-state index is 0.0302. The maximum absolute atomic E-state index is 12.0. The van der Waals surface area contributed by atoms with Crippen molar-refractivity contribution in [1.29, 1.82) is 0 Å². The van der Waals surface area contributed by atoms with Crippen molar-refractivity contribution >= 4 is 11.6 Å². The molecule has 0 saturated heterocycles. The molecule has 1 aromatic carbocycles. The summed E-state index contributed by atoms with van der Waals surface area (Å²) < 4.78 is 39.7. The summed E-state index contributed by atoms with van der Waals surface area (Å²) in [6.45, 7) is 0.608. The molecule has 2 nitrogen and oxygen atoms in total. The zero-order chi connectivity index (χ0) is 12.5. The topological polar surface area (TPSA) is 21.3 Å². The van der Waals surface area contributed by atoms with E-state index in [4.69, 9.17) is 11.6 Å². The molecule has 1 aliphatic rings. The average Bonchev–Trinajstić information content (AvgIpc) is 3.00. The lowest BCUT2D eigenvalue weighted by Gasteiger charge is -2.11. The molecule has 1 N–H and O–H groups in total. The Labute approximate surface area is 102 Å². The van der Waals surface area contributed by atoms with Crippen molar-refractivity contribution in [3.05, 3.63) is 28.8 Å². The molecule has 6 heteroatoms. The minimum atomic E-state index is -4.71. The van der Waals surface area contributed by atoms with Crippen LogP contribution < -0.4 is 10.1 Å². The van der Waals surface area contributed by atoms with Gasteiger partial charge in [-0.2, -0.15) is 0 Å². The summed E-state index contributed by atoms with van der Waals surface area (Å²) in [5, 5.41) is 3.22. The summed E-state index contributed by atoms with van der Waals surface area (Å²) in [7, 11) is 0. The van der Waals surface area contributed by atoms with Gasteiger partial charge in [-0.05, 0) is 30.5 Å². The number of halogens is 4. The summed E-state index contributed by atoms with van der Waals surface area (Å²) in [6, 6.07) is 4.83. The van der Waals surface area contributed by atoms with Crippen LogP contribution in [0.5, 0.6) is 5.75 Å². The maximum Gasteiger partial charge on any atom is 0.573 e. The first kappa shape index (κ1) is 12.5. The Balaban J connectivity index is 1.99. The van der Waals surface area contributed by atoms with E-state index in [9.17, 15) is 13.2 Å². The predicted octanol–water partition coefficient (Wildman–Crippen LogP) is 3.49. The van der Waals surface area contributed by atoms with Crippen LogP contribution in [-0.4, -0.2) is 12.4 Å². The third-order valence-electron chi connectivity index (χ3n) is 2.39. The maximum atomic E-state index is 12.0. The fourth-order valence-electron chi connectivity index (χ4n) is 1.41. The molecule has 2 rings (SSSR count). The normalized spacial score (nSPS) is 16.0. The Hall–Kier alpha value is -0.940.